The van der Waals surface area contributed by atoms with Gasteiger partial charge in [-0.05, 0) is 38.0 Å². The van der Waals surface area contributed by atoms with E-state index < -0.39 is 5.54 Å². The van der Waals surface area contributed by atoms with E-state index in [1.54, 1.807) is 12.1 Å². The molecule has 0 aliphatic carbocycles. The summed E-state index contributed by atoms with van der Waals surface area (Å²) >= 11 is 8.41. The molecule has 0 fully saturated rings. The largest absolute Gasteiger partial charge is 0.391 e. The molecule has 3 nitrogen and oxygen atoms in total. The molecule has 0 aromatic heterocycles. The highest BCUT2D eigenvalue weighted by atomic mass is 79.9. The van der Waals surface area contributed by atoms with Crippen LogP contribution in [0.4, 0.5) is 0 Å². The maximum atomic E-state index is 12.1. The number of carbonyl (C=O) groups is 1. The molecule has 0 bridgehead atoms. The number of aryl methyl sites for hydroxylation is 1. The van der Waals surface area contributed by atoms with E-state index in [0.29, 0.717) is 17.0 Å². The number of hydrogen-bond acceptors (Lipinski definition) is 2. The standard InChI is InChI=1S/C13H17BrN2OS/c1-4-13(3,12(15)18)16-11(17)9-6-5-8(2)10(14)7-9/h5-7H,4H2,1-3H3,(H2,15,18)(H,16,17). The number of carbonyl (C=O) groups excluding carboxylic acids is 1. The number of amides is 1. The Balaban J connectivity index is 2.95. The van der Waals surface area contributed by atoms with Crippen molar-refractivity contribution in [1.29, 1.82) is 0 Å². The SMILES string of the molecule is CCC(C)(NC(=O)c1ccc(C)c(Br)c1)C(N)=S. The van der Waals surface area contributed by atoms with E-state index in [0.717, 1.165) is 10.0 Å². The Hall–Kier alpha value is -0.940. The normalized spacial score (nSPS) is 13.8. The van der Waals surface area contributed by atoms with Crippen molar-refractivity contribution in [2.24, 2.45) is 5.73 Å². The second-order valence-corrected chi connectivity index (χ2v) is 5.76. The van der Waals surface area contributed by atoms with Gasteiger partial charge in [0.05, 0.1) is 10.5 Å². The molecule has 98 valence electrons. The molecule has 1 unspecified atom stereocenters. The van der Waals surface area contributed by atoms with Crippen LogP contribution in [0, 0.1) is 6.92 Å². The quantitative estimate of drug-likeness (QED) is 0.835. The van der Waals surface area contributed by atoms with E-state index in [-0.39, 0.29) is 5.91 Å². The van der Waals surface area contributed by atoms with Crippen LogP contribution in [0.1, 0.15) is 36.2 Å². The summed E-state index contributed by atoms with van der Waals surface area (Å²) < 4.78 is 0.906. The summed E-state index contributed by atoms with van der Waals surface area (Å²) in [5.41, 5.74) is 6.69. The second kappa shape index (κ2) is 5.80. The molecule has 3 N–H and O–H groups in total. The first-order valence-electron chi connectivity index (χ1n) is 5.68. The average molecular weight is 329 g/mol. The lowest BCUT2D eigenvalue weighted by molar-refractivity contribution is 0.0926. The van der Waals surface area contributed by atoms with Crippen LogP contribution in [-0.4, -0.2) is 16.4 Å². The Bertz CT molecular complexity index is 490. The zero-order valence-corrected chi connectivity index (χ0v) is 13.1. The fraction of sp³-hybridized carbons (Fsp3) is 0.385. The van der Waals surface area contributed by atoms with Gasteiger partial charge in [0.25, 0.3) is 5.91 Å². The van der Waals surface area contributed by atoms with Crippen LogP contribution in [0.15, 0.2) is 22.7 Å². The molecular weight excluding hydrogens is 312 g/mol. The maximum absolute atomic E-state index is 12.1. The molecule has 1 amide bonds. The average Bonchev–Trinajstić information content (AvgIpc) is 2.32. The second-order valence-electron chi connectivity index (χ2n) is 4.47. The number of nitrogens with two attached hydrogens (primary N) is 1. The highest BCUT2D eigenvalue weighted by molar-refractivity contribution is 9.10. The van der Waals surface area contributed by atoms with Gasteiger partial charge >= 0.3 is 0 Å². The Morgan fingerprint density at radius 3 is 2.61 bits per heavy atom. The highest BCUT2D eigenvalue weighted by Crippen LogP contribution is 2.18. The van der Waals surface area contributed by atoms with E-state index in [9.17, 15) is 4.79 Å². The Kier molecular flexibility index (Phi) is 4.87. The molecule has 0 radical (unpaired) electrons. The predicted octanol–water partition coefficient (Wildman–Crippen LogP) is 2.94. The molecule has 0 aliphatic rings. The van der Waals surface area contributed by atoms with Gasteiger partial charge in [-0.25, -0.2) is 0 Å². The molecular formula is C13H17BrN2OS. The lowest BCUT2D eigenvalue weighted by Gasteiger charge is -2.28. The van der Waals surface area contributed by atoms with Crippen molar-refractivity contribution in [3.63, 3.8) is 0 Å². The minimum Gasteiger partial charge on any atom is -0.391 e. The number of rotatable bonds is 4. The number of nitrogens with one attached hydrogen (secondary N) is 1. The minimum atomic E-state index is -0.649. The first-order chi connectivity index (χ1) is 8.30. The van der Waals surface area contributed by atoms with Crippen molar-refractivity contribution in [3.8, 4) is 0 Å². The van der Waals surface area contributed by atoms with Crippen LogP contribution in [0.2, 0.25) is 0 Å². The smallest absolute Gasteiger partial charge is 0.252 e. The van der Waals surface area contributed by atoms with Gasteiger partial charge in [0.1, 0.15) is 0 Å². The van der Waals surface area contributed by atoms with Gasteiger partial charge < -0.3 is 11.1 Å². The van der Waals surface area contributed by atoms with E-state index in [4.69, 9.17) is 18.0 Å². The predicted molar refractivity (Wildman–Crippen MR) is 81.8 cm³/mol. The van der Waals surface area contributed by atoms with Gasteiger partial charge in [-0.2, -0.15) is 0 Å². The number of hydrogen-bond donors (Lipinski definition) is 2. The van der Waals surface area contributed by atoms with Crippen molar-refractivity contribution in [3.05, 3.63) is 33.8 Å². The van der Waals surface area contributed by atoms with Crippen molar-refractivity contribution >= 4 is 39.0 Å². The summed E-state index contributed by atoms with van der Waals surface area (Å²) in [5, 5.41) is 2.88. The minimum absolute atomic E-state index is 0.173. The van der Waals surface area contributed by atoms with Crippen molar-refractivity contribution in [1.82, 2.24) is 5.32 Å². The van der Waals surface area contributed by atoms with E-state index in [1.165, 1.54) is 0 Å². The van der Waals surface area contributed by atoms with Gasteiger partial charge in [0, 0.05) is 10.0 Å². The molecule has 1 aromatic carbocycles. The molecule has 1 atom stereocenters. The van der Waals surface area contributed by atoms with Gasteiger partial charge in [-0.3, -0.25) is 4.79 Å². The molecule has 0 saturated carbocycles. The topological polar surface area (TPSA) is 55.1 Å². The summed E-state index contributed by atoms with van der Waals surface area (Å²) in [5.74, 6) is -0.173. The third kappa shape index (κ3) is 3.29. The first kappa shape index (κ1) is 15.1. The zero-order chi connectivity index (χ0) is 13.9. The van der Waals surface area contributed by atoms with Crippen LogP contribution in [0.5, 0.6) is 0 Å². The van der Waals surface area contributed by atoms with E-state index in [1.807, 2.05) is 26.8 Å². The lowest BCUT2D eigenvalue weighted by atomic mass is 9.98. The van der Waals surface area contributed by atoms with Gasteiger partial charge in [-0.15, -0.1) is 0 Å². The fourth-order valence-corrected chi connectivity index (χ4v) is 1.96. The summed E-state index contributed by atoms with van der Waals surface area (Å²) in [6.45, 7) is 5.73. The van der Waals surface area contributed by atoms with Gasteiger partial charge in [0.2, 0.25) is 0 Å². The Morgan fingerprint density at radius 1 is 1.56 bits per heavy atom. The monoisotopic (exact) mass is 328 g/mol. The summed E-state index contributed by atoms with van der Waals surface area (Å²) in [7, 11) is 0. The third-order valence-electron chi connectivity index (χ3n) is 3.07. The zero-order valence-electron chi connectivity index (χ0n) is 10.7. The number of benzene rings is 1. The lowest BCUT2D eigenvalue weighted by Crippen LogP contribution is -2.54. The van der Waals surface area contributed by atoms with E-state index in [2.05, 4.69) is 21.2 Å². The van der Waals surface area contributed by atoms with Gasteiger partial charge in [0.15, 0.2) is 0 Å². The Labute approximate surface area is 121 Å². The summed E-state index contributed by atoms with van der Waals surface area (Å²) in [6, 6.07) is 5.47. The first-order valence-corrected chi connectivity index (χ1v) is 6.89. The van der Waals surface area contributed by atoms with Crippen molar-refractivity contribution in [2.75, 3.05) is 0 Å². The fourth-order valence-electron chi connectivity index (χ4n) is 1.38. The number of thiocarbonyl (C=S) groups is 1. The molecule has 1 rings (SSSR count). The summed E-state index contributed by atoms with van der Waals surface area (Å²) in [4.78, 5) is 12.4. The van der Waals surface area contributed by atoms with Crippen LogP contribution in [0.3, 0.4) is 0 Å². The molecule has 0 aliphatic heterocycles. The molecule has 0 saturated heterocycles. The number of halogens is 1. The molecule has 0 spiro atoms. The highest BCUT2D eigenvalue weighted by Gasteiger charge is 2.27. The van der Waals surface area contributed by atoms with Crippen molar-refractivity contribution in [2.45, 2.75) is 32.7 Å². The molecule has 18 heavy (non-hydrogen) atoms. The van der Waals surface area contributed by atoms with Gasteiger partial charge in [-0.1, -0.05) is 41.1 Å². The van der Waals surface area contributed by atoms with Crippen molar-refractivity contribution < 1.29 is 4.79 Å². The summed E-state index contributed by atoms with van der Waals surface area (Å²) in [6.07, 6.45) is 0.654. The molecule has 5 heteroatoms. The van der Waals surface area contributed by atoms with Crippen LogP contribution in [0.25, 0.3) is 0 Å². The van der Waals surface area contributed by atoms with Crippen LogP contribution in [-0.2, 0) is 0 Å². The Morgan fingerprint density at radius 2 is 2.17 bits per heavy atom. The maximum Gasteiger partial charge on any atom is 0.252 e. The third-order valence-corrected chi connectivity index (χ3v) is 4.38. The van der Waals surface area contributed by atoms with E-state index >= 15 is 0 Å². The molecule has 0 heterocycles. The molecule has 1 aromatic rings. The van der Waals surface area contributed by atoms with Crippen LogP contribution >= 0.6 is 28.1 Å². The van der Waals surface area contributed by atoms with Crippen LogP contribution < -0.4 is 11.1 Å².